The lowest BCUT2D eigenvalue weighted by Crippen LogP contribution is -2.29. The van der Waals surface area contributed by atoms with Gasteiger partial charge in [-0.15, -0.1) is 5.10 Å². The second-order valence-electron chi connectivity index (χ2n) is 9.30. The van der Waals surface area contributed by atoms with E-state index in [0.29, 0.717) is 22.4 Å². The molecule has 0 saturated heterocycles. The fourth-order valence-electron chi connectivity index (χ4n) is 4.32. The Kier molecular flexibility index (Phi) is 7.79. The van der Waals surface area contributed by atoms with Gasteiger partial charge in [0.25, 0.3) is 0 Å². The van der Waals surface area contributed by atoms with Gasteiger partial charge in [-0.3, -0.25) is 0 Å². The minimum Gasteiger partial charge on any atom is -0.491 e. The molecule has 0 bridgehead atoms. The van der Waals surface area contributed by atoms with Crippen molar-refractivity contribution in [3.8, 4) is 5.75 Å². The zero-order valence-electron chi connectivity index (χ0n) is 21.6. The second-order valence-corrected chi connectivity index (χ2v) is 10.2. The molecule has 1 aromatic heterocycles. The number of aromatic nitrogens is 3. The lowest BCUT2D eigenvalue weighted by atomic mass is 9.95. The Labute approximate surface area is 226 Å². The lowest BCUT2D eigenvalue weighted by molar-refractivity contribution is -0.140. The molecule has 194 valence electrons. The number of allylic oxidation sites excluding steroid dienone is 1. The van der Waals surface area contributed by atoms with Gasteiger partial charge in [0, 0.05) is 11.4 Å². The van der Waals surface area contributed by atoms with E-state index in [1.165, 1.54) is 5.56 Å². The molecular formula is C30H30N4O3S. The molecule has 8 heteroatoms. The van der Waals surface area contributed by atoms with Gasteiger partial charge in [0.2, 0.25) is 11.1 Å². The van der Waals surface area contributed by atoms with Gasteiger partial charge in [-0.25, -0.2) is 9.48 Å². The number of anilines is 1. The quantitative estimate of drug-likeness (QED) is 0.200. The number of hydrogen-bond acceptors (Lipinski definition) is 7. The summed E-state index contributed by atoms with van der Waals surface area (Å²) in [6, 6.07) is 27.1. The standard InChI is InChI=1S/C30H30N4O3S/c1-20(2)37-25-16-10-15-24(17-25)27-26(28(35)36-18-22-11-6-4-7-12-22)21(3)31-29-32-30(33-34(27)29)38-19-23-13-8-5-9-14-23/h4-17,20,27H,18-19H2,1-3H3,(H,31,32,33). The van der Waals surface area contributed by atoms with Crippen molar-refractivity contribution in [1.82, 2.24) is 14.8 Å². The summed E-state index contributed by atoms with van der Waals surface area (Å²) in [5.74, 6) is 1.65. The number of rotatable bonds is 9. The molecular weight excluding hydrogens is 496 g/mol. The van der Waals surface area contributed by atoms with E-state index in [-0.39, 0.29) is 12.7 Å². The van der Waals surface area contributed by atoms with E-state index < -0.39 is 12.0 Å². The fourth-order valence-corrected chi connectivity index (χ4v) is 5.10. The van der Waals surface area contributed by atoms with E-state index in [1.54, 1.807) is 16.4 Å². The van der Waals surface area contributed by atoms with Crippen molar-refractivity contribution in [2.45, 2.75) is 50.4 Å². The molecule has 38 heavy (non-hydrogen) atoms. The predicted octanol–water partition coefficient (Wildman–Crippen LogP) is 6.39. The molecule has 0 radical (unpaired) electrons. The number of ether oxygens (including phenoxy) is 2. The third-order valence-corrected chi connectivity index (χ3v) is 6.93. The summed E-state index contributed by atoms with van der Waals surface area (Å²) in [4.78, 5) is 18.3. The molecule has 1 aliphatic heterocycles. The molecule has 0 aliphatic carbocycles. The Morgan fingerprint density at radius 3 is 2.42 bits per heavy atom. The van der Waals surface area contributed by atoms with E-state index in [9.17, 15) is 4.79 Å². The highest BCUT2D eigenvalue weighted by atomic mass is 32.2. The molecule has 1 aliphatic rings. The smallest absolute Gasteiger partial charge is 0.338 e. The van der Waals surface area contributed by atoms with E-state index >= 15 is 0 Å². The second kappa shape index (κ2) is 11.6. The summed E-state index contributed by atoms with van der Waals surface area (Å²) in [6.45, 7) is 6.02. The van der Waals surface area contributed by atoms with Crippen molar-refractivity contribution in [2.24, 2.45) is 0 Å². The van der Waals surface area contributed by atoms with Crippen LogP contribution in [0.1, 0.15) is 43.5 Å². The van der Waals surface area contributed by atoms with Crippen molar-refractivity contribution in [1.29, 1.82) is 0 Å². The number of carbonyl (C=O) groups is 1. The van der Waals surface area contributed by atoms with Gasteiger partial charge in [0.1, 0.15) is 18.4 Å². The molecule has 0 amide bonds. The first kappa shape index (κ1) is 25.6. The highest BCUT2D eigenvalue weighted by molar-refractivity contribution is 7.98. The van der Waals surface area contributed by atoms with Crippen molar-refractivity contribution < 1.29 is 14.3 Å². The van der Waals surface area contributed by atoms with Crippen LogP contribution in [0, 0.1) is 0 Å². The third kappa shape index (κ3) is 5.92. The number of carbonyl (C=O) groups excluding carboxylic acids is 1. The molecule has 2 heterocycles. The summed E-state index contributed by atoms with van der Waals surface area (Å²) in [5.41, 5.74) is 4.14. The number of nitrogens with one attached hydrogen (secondary N) is 1. The molecule has 5 rings (SSSR count). The van der Waals surface area contributed by atoms with Crippen LogP contribution in [0.3, 0.4) is 0 Å². The Morgan fingerprint density at radius 1 is 1.00 bits per heavy atom. The molecule has 3 aromatic carbocycles. The Bertz CT molecular complexity index is 1430. The van der Waals surface area contributed by atoms with Gasteiger partial charge in [-0.2, -0.15) is 4.98 Å². The largest absolute Gasteiger partial charge is 0.491 e. The monoisotopic (exact) mass is 526 g/mol. The minimum atomic E-state index is -0.524. The highest BCUT2D eigenvalue weighted by Gasteiger charge is 2.35. The molecule has 1 atom stereocenters. The van der Waals surface area contributed by atoms with Crippen LogP contribution in [0.15, 0.2) is 101 Å². The fraction of sp³-hybridized carbons (Fsp3) is 0.233. The van der Waals surface area contributed by atoms with Crippen molar-refractivity contribution in [2.75, 3.05) is 5.32 Å². The maximum absolute atomic E-state index is 13.5. The SMILES string of the molecule is CC1=C(C(=O)OCc2ccccc2)C(c2cccc(OC(C)C)c2)n2nc(SCc3ccccc3)nc2N1. The van der Waals surface area contributed by atoms with Crippen LogP contribution in [0.25, 0.3) is 0 Å². The zero-order chi connectivity index (χ0) is 26.5. The first-order valence-electron chi connectivity index (χ1n) is 12.6. The summed E-state index contributed by atoms with van der Waals surface area (Å²) >= 11 is 1.55. The van der Waals surface area contributed by atoms with Crippen molar-refractivity contribution >= 4 is 23.7 Å². The molecule has 7 nitrogen and oxygen atoms in total. The van der Waals surface area contributed by atoms with Crippen LogP contribution in [0.5, 0.6) is 5.75 Å². The average Bonchev–Trinajstić information content (AvgIpc) is 3.33. The number of thioether (sulfide) groups is 1. The predicted molar refractivity (Wildman–Crippen MR) is 149 cm³/mol. The van der Waals surface area contributed by atoms with Gasteiger partial charge in [0.15, 0.2) is 0 Å². The van der Waals surface area contributed by atoms with Crippen LogP contribution < -0.4 is 10.1 Å². The Hall–Kier alpha value is -4.04. The summed E-state index contributed by atoms with van der Waals surface area (Å²) in [6.07, 6.45) is 0.0220. The Balaban J connectivity index is 1.47. The number of benzene rings is 3. The van der Waals surface area contributed by atoms with E-state index in [4.69, 9.17) is 19.6 Å². The van der Waals surface area contributed by atoms with Crippen molar-refractivity contribution in [3.63, 3.8) is 0 Å². The number of hydrogen-bond donors (Lipinski definition) is 1. The van der Waals surface area contributed by atoms with Crippen molar-refractivity contribution in [3.05, 3.63) is 113 Å². The van der Waals surface area contributed by atoms with Crippen LogP contribution >= 0.6 is 11.8 Å². The van der Waals surface area contributed by atoms with Gasteiger partial charge < -0.3 is 14.8 Å². The van der Waals surface area contributed by atoms with Crippen LogP contribution in [-0.4, -0.2) is 26.8 Å². The maximum atomic E-state index is 13.5. The molecule has 0 fully saturated rings. The van der Waals surface area contributed by atoms with Gasteiger partial charge in [-0.05, 0) is 49.6 Å². The maximum Gasteiger partial charge on any atom is 0.338 e. The molecule has 0 spiro atoms. The molecule has 1 unspecified atom stereocenters. The first-order valence-corrected chi connectivity index (χ1v) is 13.5. The summed E-state index contributed by atoms with van der Waals surface area (Å²) in [7, 11) is 0. The zero-order valence-corrected chi connectivity index (χ0v) is 22.4. The summed E-state index contributed by atoms with van der Waals surface area (Å²) < 4.78 is 13.5. The van der Waals surface area contributed by atoms with Crippen LogP contribution in [0.2, 0.25) is 0 Å². The van der Waals surface area contributed by atoms with Crippen LogP contribution in [-0.2, 0) is 21.9 Å². The van der Waals surface area contributed by atoms with Gasteiger partial charge >= 0.3 is 5.97 Å². The summed E-state index contributed by atoms with van der Waals surface area (Å²) in [5, 5.41) is 8.73. The molecule has 1 N–H and O–H groups in total. The topological polar surface area (TPSA) is 78.3 Å². The number of nitrogens with zero attached hydrogens (tertiary/aromatic N) is 3. The van der Waals surface area contributed by atoms with Gasteiger partial charge in [-0.1, -0.05) is 84.6 Å². The third-order valence-electron chi connectivity index (χ3n) is 6.02. The normalized spacial score (nSPS) is 14.7. The molecule has 4 aromatic rings. The first-order chi connectivity index (χ1) is 18.5. The van der Waals surface area contributed by atoms with E-state index in [2.05, 4.69) is 17.4 Å². The lowest BCUT2D eigenvalue weighted by Gasteiger charge is -2.28. The van der Waals surface area contributed by atoms with Crippen LogP contribution in [0.4, 0.5) is 5.95 Å². The number of fused-ring (bicyclic) bond motifs is 1. The van der Waals surface area contributed by atoms with E-state index in [1.807, 2.05) is 93.6 Å². The average molecular weight is 527 g/mol. The van der Waals surface area contributed by atoms with Gasteiger partial charge in [0.05, 0.1) is 11.7 Å². The number of esters is 1. The minimum absolute atomic E-state index is 0.0220. The van der Waals surface area contributed by atoms with E-state index in [0.717, 1.165) is 22.6 Å². The molecule has 0 saturated carbocycles. The highest BCUT2D eigenvalue weighted by Crippen LogP contribution is 2.38. The Morgan fingerprint density at radius 2 is 1.71 bits per heavy atom.